The molecule has 0 radical (unpaired) electrons. The molecular formula is C23H19ClN4O3S. The number of nitrogens with one attached hydrogen (secondary N) is 1. The van der Waals surface area contributed by atoms with Crippen LogP contribution in [0.4, 0.5) is 5.69 Å². The van der Waals surface area contributed by atoms with Gasteiger partial charge < -0.3 is 10.1 Å². The predicted molar refractivity (Wildman–Crippen MR) is 125 cm³/mol. The van der Waals surface area contributed by atoms with E-state index in [1.807, 2.05) is 55.5 Å². The van der Waals surface area contributed by atoms with Crippen molar-refractivity contribution >= 4 is 50.7 Å². The van der Waals surface area contributed by atoms with E-state index in [1.54, 1.807) is 22.7 Å². The predicted octanol–water partition coefficient (Wildman–Crippen LogP) is 4.20. The summed E-state index contributed by atoms with van der Waals surface area (Å²) in [6, 6.07) is 16.5. The molecule has 1 atom stereocenters. The Morgan fingerprint density at radius 2 is 1.88 bits per heavy atom. The van der Waals surface area contributed by atoms with Gasteiger partial charge in [0.15, 0.2) is 6.10 Å². The first-order chi connectivity index (χ1) is 15.5. The summed E-state index contributed by atoms with van der Waals surface area (Å²) in [5.41, 5.74) is 2.20. The Morgan fingerprint density at radius 3 is 2.62 bits per heavy atom. The zero-order chi connectivity index (χ0) is 22.4. The minimum absolute atomic E-state index is 0.124. The number of nitrogens with zero attached hydrogens (tertiary/aromatic N) is 3. The van der Waals surface area contributed by atoms with Crippen molar-refractivity contribution in [3.63, 3.8) is 0 Å². The minimum atomic E-state index is -0.784. The molecule has 2 aromatic carbocycles. The standard InChI is InChI=1S/C23H19ClN4O3S/c1-13-14-11-20(32-23(14)28(26-13)16-8-4-3-7-15(16)24)22(30)27-12-19(21(29)25-2)31-18-10-6-5-9-17(18)27/h3-11,19H,12H2,1-2H3,(H,25,29)/t19-/m1/s1. The van der Waals surface area contributed by atoms with Gasteiger partial charge in [-0.3, -0.25) is 14.5 Å². The van der Waals surface area contributed by atoms with Gasteiger partial charge in [0.2, 0.25) is 0 Å². The van der Waals surface area contributed by atoms with Gasteiger partial charge in [0, 0.05) is 12.4 Å². The third-order valence-electron chi connectivity index (χ3n) is 5.39. The van der Waals surface area contributed by atoms with Gasteiger partial charge in [-0.15, -0.1) is 11.3 Å². The van der Waals surface area contributed by atoms with Crippen LogP contribution in [-0.4, -0.2) is 41.3 Å². The summed E-state index contributed by atoms with van der Waals surface area (Å²) in [6.07, 6.45) is -0.784. The molecular weight excluding hydrogens is 448 g/mol. The number of likely N-dealkylation sites (N-methyl/N-ethyl adjacent to an activating group) is 1. The van der Waals surface area contributed by atoms with E-state index < -0.39 is 6.10 Å². The van der Waals surface area contributed by atoms with Gasteiger partial charge in [0.1, 0.15) is 10.6 Å². The highest BCUT2D eigenvalue weighted by Crippen LogP contribution is 2.37. The molecule has 4 aromatic rings. The topological polar surface area (TPSA) is 76.5 Å². The van der Waals surface area contributed by atoms with Crippen molar-refractivity contribution in [2.24, 2.45) is 0 Å². The smallest absolute Gasteiger partial charge is 0.268 e. The number of halogens is 1. The molecule has 0 bridgehead atoms. The van der Waals surface area contributed by atoms with E-state index in [0.29, 0.717) is 21.3 Å². The van der Waals surface area contributed by atoms with Crippen molar-refractivity contribution in [2.75, 3.05) is 18.5 Å². The third kappa shape index (κ3) is 3.32. The van der Waals surface area contributed by atoms with Crippen LogP contribution in [0.3, 0.4) is 0 Å². The minimum Gasteiger partial charge on any atom is -0.477 e. The number of hydrogen-bond donors (Lipinski definition) is 1. The van der Waals surface area contributed by atoms with Crippen LogP contribution in [0.5, 0.6) is 5.75 Å². The van der Waals surface area contributed by atoms with Crippen molar-refractivity contribution in [1.29, 1.82) is 0 Å². The maximum atomic E-state index is 13.6. The molecule has 0 unspecified atom stereocenters. The summed E-state index contributed by atoms with van der Waals surface area (Å²) in [5.74, 6) is 0.0278. The number of aryl methyl sites for hydroxylation is 1. The number of rotatable bonds is 3. The summed E-state index contributed by atoms with van der Waals surface area (Å²) < 4.78 is 7.60. The second-order valence-electron chi connectivity index (χ2n) is 7.38. The zero-order valence-electron chi connectivity index (χ0n) is 17.3. The highest BCUT2D eigenvalue weighted by Gasteiger charge is 2.34. The molecule has 32 heavy (non-hydrogen) atoms. The van der Waals surface area contributed by atoms with Crippen molar-refractivity contribution in [3.8, 4) is 11.4 Å². The lowest BCUT2D eigenvalue weighted by Gasteiger charge is -2.33. The number of aromatic nitrogens is 2. The highest BCUT2D eigenvalue weighted by atomic mass is 35.5. The largest absolute Gasteiger partial charge is 0.477 e. The average molecular weight is 467 g/mol. The molecule has 162 valence electrons. The molecule has 0 saturated heterocycles. The highest BCUT2D eigenvalue weighted by molar-refractivity contribution is 7.20. The lowest BCUT2D eigenvalue weighted by atomic mass is 10.1. The number of carbonyl (C=O) groups is 2. The number of thiophene rings is 1. The van der Waals surface area contributed by atoms with Crippen LogP contribution in [0, 0.1) is 6.92 Å². The SMILES string of the molecule is CNC(=O)[C@H]1CN(C(=O)c2cc3c(C)nn(-c4ccccc4Cl)c3s2)c2ccccc2O1. The zero-order valence-corrected chi connectivity index (χ0v) is 18.9. The van der Waals surface area contributed by atoms with Crippen LogP contribution < -0.4 is 15.0 Å². The lowest BCUT2D eigenvalue weighted by Crippen LogP contribution is -2.50. The molecule has 1 N–H and O–H groups in total. The summed E-state index contributed by atoms with van der Waals surface area (Å²) in [7, 11) is 1.55. The first-order valence-corrected chi connectivity index (χ1v) is 11.2. The average Bonchev–Trinajstić information content (AvgIpc) is 3.38. The van der Waals surface area contributed by atoms with Gasteiger partial charge >= 0.3 is 0 Å². The Morgan fingerprint density at radius 1 is 1.16 bits per heavy atom. The number of amides is 2. The van der Waals surface area contributed by atoms with Crippen LogP contribution in [0.15, 0.2) is 54.6 Å². The number of ether oxygens (including phenoxy) is 1. The van der Waals surface area contributed by atoms with Crippen LogP contribution in [0.25, 0.3) is 15.9 Å². The van der Waals surface area contributed by atoms with E-state index in [1.165, 1.54) is 11.3 Å². The molecule has 3 heterocycles. The Kier molecular flexibility index (Phi) is 5.11. The third-order valence-corrected chi connectivity index (χ3v) is 6.81. The number of benzene rings is 2. The number of carbonyl (C=O) groups excluding carboxylic acids is 2. The van der Waals surface area contributed by atoms with E-state index in [4.69, 9.17) is 16.3 Å². The van der Waals surface area contributed by atoms with E-state index in [9.17, 15) is 9.59 Å². The van der Waals surface area contributed by atoms with Crippen LogP contribution >= 0.6 is 22.9 Å². The van der Waals surface area contributed by atoms with Gasteiger partial charge in [-0.1, -0.05) is 35.9 Å². The first kappa shape index (κ1) is 20.5. The quantitative estimate of drug-likeness (QED) is 0.491. The molecule has 0 saturated carbocycles. The number of anilines is 1. The summed E-state index contributed by atoms with van der Waals surface area (Å²) in [5, 5.41) is 8.69. The van der Waals surface area contributed by atoms with Crippen LogP contribution in [0.1, 0.15) is 15.4 Å². The number of fused-ring (bicyclic) bond motifs is 2. The fraction of sp³-hybridized carbons (Fsp3) is 0.174. The summed E-state index contributed by atoms with van der Waals surface area (Å²) >= 11 is 7.74. The van der Waals surface area contributed by atoms with Crippen LogP contribution in [0.2, 0.25) is 5.02 Å². The van der Waals surface area contributed by atoms with Gasteiger partial charge in [-0.25, -0.2) is 4.68 Å². The molecule has 7 nitrogen and oxygen atoms in total. The second-order valence-corrected chi connectivity index (χ2v) is 8.82. The Balaban J connectivity index is 1.57. The lowest BCUT2D eigenvalue weighted by molar-refractivity contribution is -0.127. The van der Waals surface area contributed by atoms with Crippen LogP contribution in [-0.2, 0) is 4.79 Å². The summed E-state index contributed by atoms with van der Waals surface area (Å²) in [6.45, 7) is 2.03. The summed E-state index contributed by atoms with van der Waals surface area (Å²) in [4.78, 5) is 28.9. The number of para-hydroxylation sites is 3. The Hall–Kier alpha value is -3.36. The fourth-order valence-electron chi connectivity index (χ4n) is 3.80. The molecule has 0 fully saturated rings. The molecule has 5 rings (SSSR count). The van der Waals surface area contributed by atoms with E-state index >= 15 is 0 Å². The van der Waals surface area contributed by atoms with E-state index in [0.717, 1.165) is 21.6 Å². The Bertz CT molecular complexity index is 1360. The monoisotopic (exact) mass is 466 g/mol. The maximum Gasteiger partial charge on any atom is 0.268 e. The van der Waals surface area contributed by atoms with Crippen molar-refractivity contribution in [1.82, 2.24) is 15.1 Å². The van der Waals surface area contributed by atoms with E-state index in [-0.39, 0.29) is 18.4 Å². The van der Waals surface area contributed by atoms with Gasteiger partial charge in [0.05, 0.1) is 33.5 Å². The van der Waals surface area contributed by atoms with Crippen molar-refractivity contribution in [2.45, 2.75) is 13.0 Å². The molecule has 9 heteroatoms. The molecule has 0 aliphatic carbocycles. The maximum absolute atomic E-state index is 13.6. The second kappa shape index (κ2) is 7.96. The van der Waals surface area contributed by atoms with Gasteiger partial charge in [0.25, 0.3) is 11.8 Å². The first-order valence-electron chi connectivity index (χ1n) is 10.0. The molecule has 2 amide bonds. The van der Waals surface area contributed by atoms with Crippen molar-refractivity contribution < 1.29 is 14.3 Å². The molecule has 2 aromatic heterocycles. The van der Waals surface area contributed by atoms with Crippen molar-refractivity contribution in [3.05, 3.63) is 70.2 Å². The normalized spacial score (nSPS) is 15.3. The molecule has 0 spiro atoms. The van der Waals surface area contributed by atoms with Gasteiger partial charge in [-0.2, -0.15) is 5.10 Å². The number of hydrogen-bond acceptors (Lipinski definition) is 5. The fourth-order valence-corrected chi connectivity index (χ4v) is 5.14. The van der Waals surface area contributed by atoms with E-state index in [2.05, 4.69) is 10.4 Å². The molecule has 1 aliphatic heterocycles. The van der Waals surface area contributed by atoms with Gasteiger partial charge in [-0.05, 0) is 37.3 Å². The Labute approximate surface area is 193 Å². The molecule has 1 aliphatic rings.